The number of hydrogen-bond donors (Lipinski definition) is 1. The highest BCUT2D eigenvalue weighted by atomic mass is 32.1. The molecule has 0 aliphatic carbocycles. The van der Waals surface area contributed by atoms with E-state index in [2.05, 4.69) is 42.2 Å². The van der Waals surface area contributed by atoms with Crippen molar-refractivity contribution in [1.82, 2.24) is 0 Å². The summed E-state index contributed by atoms with van der Waals surface area (Å²) >= 11 is 1.77. The molecule has 3 nitrogen and oxygen atoms in total. The SMILES string of the molecule is Cc1ccc(C(CN)N(CCC#N)c2ccccc2)s1. The van der Waals surface area contributed by atoms with Crippen LogP contribution in [0.4, 0.5) is 5.69 Å². The molecule has 0 aliphatic heterocycles. The third kappa shape index (κ3) is 3.38. The van der Waals surface area contributed by atoms with Crippen molar-refractivity contribution in [3.63, 3.8) is 0 Å². The van der Waals surface area contributed by atoms with Crippen LogP contribution in [0.2, 0.25) is 0 Å². The van der Waals surface area contributed by atoms with Crippen LogP contribution in [0.15, 0.2) is 42.5 Å². The number of benzene rings is 1. The van der Waals surface area contributed by atoms with Crippen LogP contribution in [0.1, 0.15) is 22.2 Å². The van der Waals surface area contributed by atoms with Gasteiger partial charge in [0, 0.05) is 28.5 Å². The van der Waals surface area contributed by atoms with E-state index in [1.807, 2.05) is 18.2 Å². The van der Waals surface area contributed by atoms with Crippen molar-refractivity contribution in [2.45, 2.75) is 19.4 Å². The van der Waals surface area contributed by atoms with Gasteiger partial charge < -0.3 is 10.6 Å². The van der Waals surface area contributed by atoms with E-state index in [1.54, 1.807) is 11.3 Å². The number of hydrogen-bond acceptors (Lipinski definition) is 4. The molecule has 0 bridgehead atoms. The molecule has 1 atom stereocenters. The largest absolute Gasteiger partial charge is 0.361 e. The van der Waals surface area contributed by atoms with Gasteiger partial charge in [0.1, 0.15) is 0 Å². The van der Waals surface area contributed by atoms with Gasteiger partial charge in [-0.25, -0.2) is 0 Å². The number of thiophene rings is 1. The molecule has 20 heavy (non-hydrogen) atoms. The third-order valence-corrected chi connectivity index (χ3v) is 4.34. The zero-order valence-corrected chi connectivity index (χ0v) is 12.4. The highest BCUT2D eigenvalue weighted by molar-refractivity contribution is 7.12. The molecule has 1 aromatic carbocycles. The second kappa shape index (κ2) is 7.09. The molecule has 0 saturated carbocycles. The lowest BCUT2D eigenvalue weighted by Gasteiger charge is -2.32. The molecule has 0 aliphatic rings. The van der Waals surface area contributed by atoms with Crippen LogP contribution >= 0.6 is 11.3 Å². The molecule has 0 spiro atoms. The van der Waals surface area contributed by atoms with Gasteiger partial charge in [-0.1, -0.05) is 18.2 Å². The molecule has 104 valence electrons. The predicted molar refractivity (Wildman–Crippen MR) is 84.9 cm³/mol. The van der Waals surface area contributed by atoms with Gasteiger partial charge >= 0.3 is 0 Å². The molecule has 1 unspecified atom stereocenters. The Kier molecular flexibility index (Phi) is 5.16. The number of para-hydroxylation sites is 1. The number of nitrogens with two attached hydrogens (primary N) is 1. The molecular weight excluding hydrogens is 266 g/mol. The molecule has 2 rings (SSSR count). The fraction of sp³-hybridized carbons (Fsp3) is 0.312. The summed E-state index contributed by atoms with van der Waals surface area (Å²) in [5, 5.41) is 8.89. The Hall–Kier alpha value is -1.83. The lowest BCUT2D eigenvalue weighted by atomic mass is 10.1. The summed E-state index contributed by atoms with van der Waals surface area (Å²) in [5.41, 5.74) is 7.12. The van der Waals surface area contributed by atoms with Crippen molar-refractivity contribution in [1.29, 1.82) is 5.26 Å². The molecule has 1 heterocycles. The van der Waals surface area contributed by atoms with Crippen LogP contribution in [-0.2, 0) is 0 Å². The van der Waals surface area contributed by atoms with Crippen LogP contribution in [0.3, 0.4) is 0 Å². The summed E-state index contributed by atoms with van der Waals surface area (Å²) in [7, 11) is 0. The normalized spacial score (nSPS) is 11.8. The molecule has 2 N–H and O–H groups in total. The van der Waals surface area contributed by atoms with Crippen molar-refractivity contribution in [2.75, 3.05) is 18.0 Å². The van der Waals surface area contributed by atoms with E-state index in [0.717, 1.165) is 5.69 Å². The van der Waals surface area contributed by atoms with E-state index >= 15 is 0 Å². The van der Waals surface area contributed by atoms with Crippen LogP contribution in [0.25, 0.3) is 0 Å². The van der Waals surface area contributed by atoms with Gasteiger partial charge in [-0.15, -0.1) is 11.3 Å². The summed E-state index contributed by atoms with van der Waals surface area (Å²) < 4.78 is 0. The first kappa shape index (κ1) is 14.6. The Morgan fingerprint density at radius 3 is 2.55 bits per heavy atom. The Morgan fingerprint density at radius 1 is 1.25 bits per heavy atom. The van der Waals surface area contributed by atoms with E-state index in [-0.39, 0.29) is 6.04 Å². The van der Waals surface area contributed by atoms with Gasteiger partial charge in [0.25, 0.3) is 0 Å². The van der Waals surface area contributed by atoms with Gasteiger partial charge in [0.05, 0.1) is 18.5 Å². The van der Waals surface area contributed by atoms with E-state index in [1.165, 1.54) is 9.75 Å². The van der Waals surface area contributed by atoms with Crippen LogP contribution < -0.4 is 10.6 Å². The van der Waals surface area contributed by atoms with Gasteiger partial charge in [0.15, 0.2) is 0 Å². The van der Waals surface area contributed by atoms with E-state index < -0.39 is 0 Å². The zero-order chi connectivity index (χ0) is 14.4. The zero-order valence-electron chi connectivity index (χ0n) is 11.6. The number of aryl methyl sites for hydroxylation is 1. The maximum Gasteiger partial charge on any atom is 0.0757 e. The molecule has 0 radical (unpaired) electrons. The minimum atomic E-state index is 0.129. The van der Waals surface area contributed by atoms with Gasteiger partial charge in [-0.3, -0.25) is 0 Å². The topological polar surface area (TPSA) is 53.0 Å². The Bertz CT molecular complexity index is 571. The number of anilines is 1. The van der Waals surface area contributed by atoms with Crippen molar-refractivity contribution in [3.05, 3.63) is 52.2 Å². The number of rotatable bonds is 6. The molecule has 0 fully saturated rings. The Morgan fingerprint density at radius 2 is 2.00 bits per heavy atom. The first-order chi connectivity index (χ1) is 9.76. The highest BCUT2D eigenvalue weighted by Gasteiger charge is 2.20. The molecule has 0 saturated heterocycles. The van der Waals surface area contributed by atoms with Crippen molar-refractivity contribution in [2.24, 2.45) is 5.73 Å². The summed E-state index contributed by atoms with van der Waals surface area (Å²) in [5.74, 6) is 0. The molecular formula is C16H19N3S. The minimum absolute atomic E-state index is 0.129. The van der Waals surface area contributed by atoms with Crippen LogP contribution in [0, 0.1) is 18.3 Å². The molecule has 0 amide bonds. The van der Waals surface area contributed by atoms with E-state index in [0.29, 0.717) is 19.5 Å². The number of nitrogens with zero attached hydrogens (tertiary/aromatic N) is 2. The van der Waals surface area contributed by atoms with Crippen molar-refractivity contribution >= 4 is 17.0 Å². The number of nitriles is 1. The van der Waals surface area contributed by atoms with Crippen molar-refractivity contribution < 1.29 is 0 Å². The quantitative estimate of drug-likeness (QED) is 0.884. The van der Waals surface area contributed by atoms with Crippen LogP contribution in [0.5, 0.6) is 0 Å². The lowest BCUT2D eigenvalue weighted by molar-refractivity contribution is 0.641. The predicted octanol–water partition coefficient (Wildman–Crippen LogP) is 3.48. The third-order valence-electron chi connectivity index (χ3n) is 3.24. The van der Waals surface area contributed by atoms with E-state index in [4.69, 9.17) is 11.0 Å². The lowest BCUT2D eigenvalue weighted by Crippen LogP contribution is -2.34. The smallest absolute Gasteiger partial charge is 0.0757 e. The Balaban J connectivity index is 2.31. The average molecular weight is 285 g/mol. The second-order valence-electron chi connectivity index (χ2n) is 4.64. The highest BCUT2D eigenvalue weighted by Crippen LogP contribution is 2.30. The molecule has 4 heteroatoms. The van der Waals surface area contributed by atoms with Crippen LogP contribution in [-0.4, -0.2) is 13.1 Å². The summed E-state index contributed by atoms with van der Waals surface area (Å²) in [6.45, 7) is 3.34. The summed E-state index contributed by atoms with van der Waals surface area (Å²) in [6, 6.07) is 16.8. The summed E-state index contributed by atoms with van der Waals surface area (Å²) in [4.78, 5) is 4.77. The first-order valence-corrected chi connectivity index (χ1v) is 7.53. The van der Waals surface area contributed by atoms with Crippen molar-refractivity contribution in [3.8, 4) is 6.07 Å². The van der Waals surface area contributed by atoms with Gasteiger partial charge in [-0.05, 0) is 31.2 Å². The van der Waals surface area contributed by atoms with Gasteiger partial charge in [-0.2, -0.15) is 5.26 Å². The second-order valence-corrected chi connectivity index (χ2v) is 5.96. The summed E-state index contributed by atoms with van der Waals surface area (Å²) in [6.07, 6.45) is 0.496. The minimum Gasteiger partial charge on any atom is -0.361 e. The Labute approximate surface area is 124 Å². The average Bonchev–Trinajstić information content (AvgIpc) is 2.90. The first-order valence-electron chi connectivity index (χ1n) is 6.71. The monoisotopic (exact) mass is 285 g/mol. The molecule has 2 aromatic rings. The molecule has 1 aromatic heterocycles. The fourth-order valence-corrected chi connectivity index (χ4v) is 3.29. The maximum absolute atomic E-state index is 8.89. The standard InChI is InChI=1S/C16H19N3S/c1-13-8-9-16(20-13)15(12-18)19(11-5-10-17)14-6-3-2-4-7-14/h2-4,6-9,15H,5,11-12,18H2,1H3. The van der Waals surface area contributed by atoms with Gasteiger partial charge in [0.2, 0.25) is 0 Å². The van der Waals surface area contributed by atoms with E-state index in [9.17, 15) is 0 Å². The fourth-order valence-electron chi connectivity index (χ4n) is 2.28. The maximum atomic E-state index is 8.89.